The molecule has 3 rings (SSSR count). The number of benzene rings is 1. The number of anilines is 1. The summed E-state index contributed by atoms with van der Waals surface area (Å²) in [5.74, 6) is 0.0951. The van der Waals surface area contributed by atoms with Crippen molar-refractivity contribution in [2.24, 2.45) is 0 Å². The number of hydrogen-bond acceptors (Lipinski definition) is 3. The zero-order chi connectivity index (χ0) is 16.2. The molecule has 0 saturated carbocycles. The van der Waals surface area contributed by atoms with Crippen LogP contribution in [0.5, 0.6) is 0 Å². The first-order chi connectivity index (χ1) is 11.1. The van der Waals surface area contributed by atoms with Crippen LogP contribution in [0.1, 0.15) is 19.8 Å². The predicted molar refractivity (Wildman–Crippen MR) is 89.2 cm³/mol. The van der Waals surface area contributed by atoms with Crippen LogP contribution < -0.4 is 10.6 Å². The van der Waals surface area contributed by atoms with E-state index >= 15 is 0 Å². The fraction of sp³-hybridized carbons (Fsp3) is 0.353. The minimum atomic E-state index is -0.213. The molecular weight excluding hydrogens is 292 g/mol. The van der Waals surface area contributed by atoms with Crippen LogP contribution in [-0.4, -0.2) is 41.0 Å². The summed E-state index contributed by atoms with van der Waals surface area (Å²) in [4.78, 5) is 29.5. The summed E-state index contributed by atoms with van der Waals surface area (Å²) < 4.78 is 0. The molecule has 2 aromatic rings. The van der Waals surface area contributed by atoms with E-state index < -0.39 is 0 Å². The number of carbonyl (C=O) groups excluding carboxylic acids is 2. The van der Waals surface area contributed by atoms with Crippen LogP contribution in [0.25, 0.3) is 10.9 Å². The van der Waals surface area contributed by atoms with Crippen LogP contribution in [0, 0.1) is 0 Å². The maximum atomic E-state index is 12.1. The lowest BCUT2D eigenvalue weighted by Gasteiger charge is -2.31. The Morgan fingerprint density at radius 2 is 2.00 bits per heavy atom. The molecular formula is C17H20N4O2. The third kappa shape index (κ3) is 3.77. The van der Waals surface area contributed by atoms with Gasteiger partial charge in [-0.1, -0.05) is 6.07 Å². The van der Waals surface area contributed by atoms with Gasteiger partial charge in [0.1, 0.15) is 0 Å². The number of hydrogen-bond donors (Lipinski definition) is 2. The van der Waals surface area contributed by atoms with Gasteiger partial charge in [0.2, 0.25) is 5.91 Å². The van der Waals surface area contributed by atoms with Gasteiger partial charge in [0.25, 0.3) is 0 Å². The van der Waals surface area contributed by atoms with Gasteiger partial charge >= 0.3 is 6.03 Å². The molecule has 1 aromatic heterocycles. The molecule has 120 valence electrons. The minimum Gasteiger partial charge on any atom is -0.343 e. The average Bonchev–Trinajstić information content (AvgIpc) is 2.55. The van der Waals surface area contributed by atoms with E-state index in [9.17, 15) is 9.59 Å². The summed E-state index contributed by atoms with van der Waals surface area (Å²) in [7, 11) is 0. The first-order valence-electron chi connectivity index (χ1n) is 7.79. The molecule has 1 aliphatic heterocycles. The molecule has 1 aliphatic rings. The molecule has 2 N–H and O–H groups in total. The van der Waals surface area contributed by atoms with Gasteiger partial charge < -0.3 is 15.5 Å². The highest BCUT2D eigenvalue weighted by Gasteiger charge is 2.21. The molecule has 2 heterocycles. The molecule has 3 amide bonds. The number of nitrogens with one attached hydrogen (secondary N) is 2. The van der Waals surface area contributed by atoms with Crippen molar-refractivity contribution in [1.82, 2.24) is 15.2 Å². The molecule has 1 fully saturated rings. The molecule has 1 aromatic carbocycles. The van der Waals surface area contributed by atoms with Crippen molar-refractivity contribution in [3.8, 4) is 0 Å². The van der Waals surface area contributed by atoms with Crippen LogP contribution in [0.3, 0.4) is 0 Å². The lowest BCUT2D eigenvalue weighted by molar-refractivity contribution is -0.129. The molecule has 0 atom stereocenters. The molecule has 0 spiro atoms. The molecule has 6 nitrogen and oxygen atoms in total. The Labute approximate surface area is 134 Å². The van der Waals surface area contributed by atoms with E-state index in [4.69, 9.17) is 0 Å². The van der Waals surface area contributed by atoms with Crippen LogP contribution in [0.15, 0.2) is 36.5 Å². The van der Waals surface area contributed by atoms with Crippen molar-refractivity contribution < 1.29 is 9.59 Å². The van der Waals surface area contributed by atoms with Gasteiger partial charge in [-0.3, -0.25) is 9.78 Å². The van der Waals surface area contributed by atoms with Crippen LogP contribution in [0.4, 0.5) is 10.5 Å². The highest BCUT2D eigenvalue weighted by molar-refractivity contribution is 5.92. The Morgan fingerprint density at radius 3 is 2.74 bits per heavy atom. The van der Waals surface area contributed by atoms with Crippen molar-refractivity contribution in [3.05, 3.63) is 36.5 Å². The second-order valence-electron chi connectivity index (χ2n) is 5.79. The van der Waals surface area contributed by atoms with E-state index in [1.54, 1.807) is 13.1 Å². The topological polar surface area (TPSA) is 74.3 Å². The van der Waals surface area contributed by atoms with Crippen molar-refractivity contribution in [3.63, 3.8) is 0 Å². The number of likely N-dealkylation sites (tertiary alicyclic amines) is 1. The van der Waals surface area contributed by atoms with Crippen LogP contribution in [-0.2, 0) is 4.79 Å². The lowest BCUT2D eigenvalue weighted by atomic mass is 10.1. The summed E-state index contributed by atoms with van der Waals surface area (Å²) in [6.45, 7) is 2.97. The van der Waals surface area contributed by atoms with Gasteiger partial charge in [-0.25, -0.2) is 4.79 Å². The normalized spacial score (nSPS) is 15.4. The van der Waals surface area contributed by atoms with Crippen LogP contribution >= 0.6 is 0 Å². The fourth-order valence-electron chi connectivity index (χ4n) is 2.84. The van der Waals surface area contributed by atoms with E-state index in [1.807, 2.05) is 35.2 Å². The van der Waals surface area contributed by atoms with E-state index in [0.29, 0.717) is 13.1 Å². The average molecular weight is 312 g/mol. The number of piperidine rings is 1. The summed E-state index contributed by atoms with van der Waals surface area (Å²) in [6.07, 6.45) is 3.32. The third-order valence-electron chi connectivity index (χ3n) is 4.14. The Kier molecular flexibility index (Phi) is 4.41. The largest absolute Gasteiger partial charge is 0.343 e. The number of nitrogens with zero attached hydrogens (tertiary/aromatic N) is 2. The monoisotopic (exact) mass is 312 g/mol. The number of amides is 3. The predicted octanol–water partition coefficient (Wildman–Crippen LogP) is 2.37. The number of rotatable bonds is 2. The van der Waals surface area contributed by atoms with Crippen molar-refractivity contribution in [1.29, 1.82) is 0 Å². The Hall–Kier alpha value is -2.63. The van der Waals surface area contributed by atoms with E-state index in [2.05, 4.69) is 15.6 Å². The summed E-state index contributed by atoms with van der Waals surface area (Å²) in [5, 5.41) is 6.81. The first kappa shape index (κ1) is 15.3. The van der Waals surface area contributed by atoms with Gasteiger partial charge in [-0.05, 0) is 37.1 Å². The zero-order valence-electron chi connectivity index (χ0n) is 13.1. The van der Waals surface area contributed by atoms with Gasteiger partial charge in [0.05, 0.1) is 5.52 Å². The second-order valence-corrected chi connectivity index (χ2v) is 5.79. The maximum Gasteiger partial charge on any atom is 0.319 e. The number of carbonyl (C=O) groups is 2. The smallest absolute Gasteiger partial charge is 0.319 e. The van der Waals surface area contributed by atoms with Crippen molar-refractivity contribution >= 4 is 28.5 Å². The molecule has 1 saturated heterocycles. The van der Waals surface area contributed by atoms with Gasteiger partial charge in [-0.2, -0.15) is 0 Å². The Bertz CT molecular complexity index is 723. The second kappa shape index (κ2) is 6.64. The van der Waals surface area contributed by atoms with Crippen molar-refractivity contribution in [2.45, 2.75) is 25.8 Å². The number of urea groups is 1. The highest BCUT2D eigenvalue weighted by atomic mass is 16.2. The SMILES string of the molecule is CC(=O)N1CCC(NC(=O)Nc2ccc3ncccc3c2)CC1. The first-order valence-corrected chi connectivity index (χ1v) is 7.79. The molecule has 0 bridgehead atoms. The summed E-state index contributed by atoms with van der Waals surface area (Å²) in [5.41, 5.74) is 1.64. The van der Waals surface area contributed by atoms with Crippen LogP contribution in [0.2, 0.25) is 0 Å². The third-order valence-corrected chi connectivity index (χ3v) is 4.14. The number of aromatic nitrogens is 1. The van der Waals surface area contributed by atoms with Gasteiger partial charge in [-0.15, -0.1) is 0 Å². The lowest BCUT2D eigenvalue weighted by Crippen LogP contribution is -2.47. The van der Waals surface area contributed by atoms with E-state index in [0.717, 1.165) is 29.4 Å². The van der Waals surface area contributed by atoms with E-state index in [1.165, 1.54) is 0 Å². The summed E-state index contributed by atoms with van der Waals surface area (Å²) >= 11 is 0. The standard InChI is InChI=1S/C17H20N4O2/c1-12(22)21-9-6-14(7-10-21)19-17(23)20-15-4-5-16-13(11-15)3-2-8-18-16/h2-5,8,11,14H,6-7,9-10H2,1H3,(H2,19,20,23). The Morgan fingerprint density at radius 1 is 1.22 bits per heavy atom. The fourth-order valence-corrected chi connectivity index (χ4v) is 2.84. The Balaban J connectivity index is 1.55. The van der Waals surface area contributed by atoms with Gasteiger partial charge in [0, 0.05) is 43.3 Å². The molecule has 0 radical (unpaired) electrons. The quantitative estimate of drug-likeness (QED) is 0.894. The van der Waals surface area contributed by atoms with E-state index in [-0.39, 0.29) is 18.0 Å². The van der Waals surface area contributed by atoms with Crippen molar-refractivity contribution in [2.75, 3.05) is 18.4 Å². The molecule has 0 unspecified atom stereocenters. The molecule has 6 heteroatoms. The number of pyridine rings is 1. The molecule has 23 heavy (non-hydrogen) atoms. The summed E-state index contributed by atoms with van der Waals surface area (Å²) in [6, 6.07) is 9.35. The minimum absolute atomic E-state index is 0.0951. The highest BCUT2D eigenvalue weighted by Crippen LogP contribution is 2.17. The molecule has 0 aliphatic carbocycles. The number of fused-ring (bicyclic) bond motifs is 1. The van der Waals surface area contributed by atoms with Gasteiger partial charge in [0.15, 0.2) is 0 Å². The zero-order valence-corrected chi connectivity index (χ0v) is 13.1. The maximum absolute atomic E-state index is 12.1.